The topological polar surface area (TPSA) is 90.9 Å². The smallest absolute Gasteiger partial charge is 0.306 e. The number of benzene rings is 2. The Balaban J connectivity index is 1.77. The van der Waals surface area contributed by atoms with Crippen LogP contribution in [0.3, 0.4) is 0 Å². The van der Waals surface area contributed by atoms with E-state index in [0.29, 0.717) is 22.7 Å². The second-order valence-corrected chi connectivity index (χ2v) is 6.65. The number of Topliss-reactive ketones (excluding diaryl/α,β-unsaturated/α-hetero) is 1. The predicted octanol–water partition coefficient (Wildman–Crippen LogP) is 3.80. The molecule has 30 heavy (non-hydrogen) atoms. The van der Waals surface area contributed by atoms with Gasteiger partial charge in [-0.3, -0.25) is 14.4 Å². The number of hydrogen-bond donors (Lipinski definition) is 1. The number of ketones is 1. The van der Waals surface area contributed by atoms with Gasteiger partial charge in [0.2, 0.25) is 0 Å². The predicted molar refractivity (Wildman–Crippen MR) is 113 cm³/mol. The number of nitrogens with one attached hydrogen (secondary N) is 1. The minimum absolute atomic E-state index is 0.0277. The number of hydrogen-bond acceptors (Lipinski definition) is 6. The fraction of sp³-hybridized carbons (Fsp3) is 0.348. The van der Waals surface area contributed by atoms with Crippen LogP contribution in [0, 0.1) is 0 Å². The summed E-state index contributed by atoms with van der Waals surface area (Å²) < 4.78 is 15.3. The van der Waals surface area contributed by atoms with Gasteiger partial charge in [-0.1, -0.05) is 37.6 Å². The maximum absolute atomic E-state index is 12.2. The van der Waals surface area contributed by atoms with Gasteiger partial charge in [-0.15, -0.1) is 0 Å². The molecule has 0 saturated heterocycles. The molecule has 2 aromatic carbocycles. The normalized spacial score (nSPS) is 10.2. The van der Waals surface area contributed by atoms with Crippen molar-refractivity contribution in [3.63, 3.8) is 0 Å². The molecule has 0 heterocycles. The zero-order valence-electron chi connectivity index (χ0n) is 17.5. The molecule has 7 nitrogen and oxygen atoms in total. The molecular weight excluding hydrogens is 386 g/mol. The number of amides is 1. The van der Waals surface area contributed by atoms with Crippen LogP contribution >= 0.6 is 0 Å². The molecule has 0 unspecified atom stereocenters. The summed E-state index contributed by atoms with van der Waals surface area (Å²) in [7, 11) is 3.00. The number of anilines is 1. The van der Waals surface area contributed by atoms with Crippen LogP contribution < -0.4 is 14.8 Å². The molecule has 0 fully saturated rings. The van der Waals surface area contributed by atoms with E-state index in [1.165, 1.54) is 19.8 Å². The van der Waals surface area contributed by atoms with Crippen molar-refractivity contribution in [1.82, 2.24) is 0 Å². The molecule has 160 valence electrons. The Morgan fingerprint density at radius 3 is 2.30 bits per heavy atom. The molecule has 0 radical (unpaired) electrons. The number of esters is 1. The minimum atomic E-state index is -0.609. The third-order valence-electron chi connectivity index (χ3n) is 4.42. The molecule has 0 aliphatic rings. The highest BCUT2D eigenvalue weighted by molar-refractivity contribution is 5.98. The zero-order valence-corrected chi connectivity index (χ0v) is 17.5. The van der Waals surface area contributed by atoms with E-state index in [2.05, 4.69) is 12.2 Å². The Morgan fingerprint density at radius 1 is 0.933 bits per heavy atom. The first-order chi connectivity index (χ1) is 14.5. The Labute approximate surface area is 176 Å². The van der Waals surface area contributed by atoms with Gasteiger partial charge >= 0.3 is 5.97 Å². The molecule has 1 N–H and O–H groups in total. The van der Waals surface area contributed by atoms with Gasteiger partial charge in [0.25, 0.3) is 5.91 Å². The number of aryl methyl sites for hydroxylation is 1. The van der Waals surface area contributed by atoms with Crippen molar-refractivity contribution in [2.75, 3.05) is 26.1 Å². The van der Waals surface area contributed by atoms with Gasteiger partial charge in [0.05, 0.1) is 26.3 Å². The zero-order chi connectivity index (χ0) is 21.9. The summed E-state index contributed by atoms with van der Waals surface area (Å²) in [6.45, 7) is 1.65. The number of methoxy groups -OCH3 is 2. The van der Waals surface area contributed by atoms with Gasteiger partial charge in [-0.2, -0.15) is 0 Å². The summed E-state index contributed by atoms with van der Waals surface area (Å²) in [5.74, 6) is -0.250. The van der Waals surface area contributed by atoms with E-state index in [-0.39, 0.29) is 18.6 Å². The Morgan fingerprint density at radius 2 is 1.67 bits per heavy atom. The molecule has 7 heteroatoms. The first kappa shape index (κ1) is 22.9. The van der Waals surface area contributed by atoms with E-state index in [1.54, 1.807) is 30.3 Å². The SMILES string of the molecule is CCCc1ccc(C(=O)CCC(=O)OCC(=O)Nc2ccc(OC)cc2OC)cc1. The van der Waals surface area contributed by atoms with Crippen LogP contribution in [0.25, 0.3) is 0 Å². The Kier molecular flexibility index (Phi) is 8.87. The highest BCUT2D eigenvalue weighted by Gasteiger charge is 2.14. The van der Waals surface area contributed by atoms with E-state index in [9.17, 15) is 14.4 Å². The van der Waals surface area contributed by atoms with Gasteiger partial charge in [0.15, 0.2) is 12.4 Å². The van der Waals surface area contributed by atoms with Gasteiger partial charge < -0.3 is 19.5 Å². The van der Waals surface area contributed by atoms with Crippen LogP contribution in [0.15, 0.2) is 42.5 Å². The molecule has 0 aliphatic heterocycles. The second kappa shape index (κ2) is 11.6. The number of carbonyl (C=O) groups excluding carboxylic acids is 3. The van der Waals surface area contributed by atoms with Gasteiger partial charge in [-0.05, 0) is 24.1 Å². The van der Waals surface area contributed by atoms with Crippen molar-refractivity contribution < 1.29 is 28.6 Å². The maximum atomic E-state index is 12.2. The lowest BCUT2D eigenvalue weighted by atomic mass is 10.0. The van der Waals surface area contributed by atoms with Crippen LogP contribution in [-0.4, -0.2) is 38.5 Å². The second-order valence-electron chi connectivity index (χ2n) is 6.65. The lowest BCUT2D eigenvalue weighted by Crippen LogP contribution is -2.21. The number of rotatable bonds is 11. The van der Waals surface area contributed by atoms with E-state index in [1.807, 2.05) is 12.1 Å². The van der Waals surface area contributed by atoms with Gasteiger partial charge in [0, 0.05) is 18.1 Å². The van der Waals surface area contributed by atoms with Crippen molar-refractivity contribution >= 4 is 23.3 Å². The van der Waals surface area contributed by atoms with Crippen molar-refractivity contribution in [2.24, 2.45) is 0 Å². The Hall–Kier alpha value is -3.35. The van der Waals surface area contributed by atoms with Crippen LogP contribution in [0.4, 0.5) is 5.69 Å². The van der Waals surface area contributed by atoms with Crippen molar-refractivity contribution in [1.29, 1.82) is 0 Å². The third kappa shape index (κ3) is 6.92. The molecule has 0 saturated carbocycles. The van der Waals surface area contributed by atoms with Crippen molar-refractivity contribution in [3.05, 3.63) is 53.6 Å². The summed E-state index contributed by atoms with van der Waals surface area (Å²) in [4.78, 5) is 36.1. The van der Waals surface area contributed by atoms with Gasteiger partial charge in [-0.25, -0.2) is 0 Å². The molecular formula is C23H27NO6. The summed E-state index contributed by atoms with van der Waals surface area (Å²) in [5.41, 5.74) is 2.17. The fourth-order valence-corrected chi connectivity index (χ4v) is 2.81. The molecule has 0 aliphatic carbocycles. The molecule has 0 bridgehead atoms. The molecule has 1 amide bonds. The molecule has 0 aromatic heterocycles. The largest absolute Gasteiger partial charge is 0.497 e. The quantitative estimate of drug-likeness (QED) is 0.445. The lowest BCUT2D eigenvalue weighted by Gasteiger charge is -2.11. The van der Waals surface area contributed by atoms with Crippen LogP contribution in [0.1, 0.15) is 42.1 Å². The molecule has 0 spiro atoms. The standard InChI is InChI=1S/C23H27NO6/c1-4-5-16-6-8-17(9-7-16)20(25)12-13-23(27)30-15-22(26)24-19-11-10-18(28-2)14-21(19)29-3/h6-11,14H,4-5,12-13,15H2,1-3H3,(H,24,26). The highest BCUT2D eigenvalue weighted by Crippen LogP contribution is 2.28. The van der Waals surface area contributed by atoms with E-state index in [0.717, 1.165) is 12.8 Å². The Bertz CT molecular complexity index is 876. The number of carbonyl (C=O) groups is 3. The average molecular weight is 413 g/mol. The summed E-state index contributed by atoms with van der Waals surface area (Å²) in [6.07, 6.45) is 1.94. The first-order valence-corrected chi connectivity index (χ1v) is 9.76. The fourth-order valence-electron chi connectivity index (χ4n) is 2.81. The van der Waals surface area contributed by atoms with Gasteiger partial charge in [0.1, 0.15) is 11.5 Å². The lowest BCUT2D eigenvalue weighted by molar-refractivity contribution is -0.147. The summed E-state index contributed by atoms with van der Waals surface area (Å²) in [6, 6.07) is 12.3. The van der Waals surface area contributed by atoms with Crippen molar-refractivity contribution in [2.45, 2.75) is 32.6 Å². The third-order valence-corrected chi connectivity index (χ3v) is 4.42. The average Bonchev–Trinajstić information content (AvgIpc) is 2.77. The summed E-state index contributed by atoms with van der Waals surface area (Å²) in [5, 5.41) is 2.61. The van der Waals surface area contributed by atoms with E-state index < -0.39 is 18.5 Å². The first-order valence-electron chi connectivity index (χ1n) is 9.76. The maximum Gasteiger partial charge on any atom is 0.306 e. The summed E-state index contributed by atoms with van der Waals surface area (Å²) >= 11 is 0. The van der Waals surface area contributed by atoms with E-state index in [4.69, 9.17) is 14.2 Å². The molecule has 2 rings (SSSR count). The highest BCUT2D eigenvalue weighted by atomic mass is 16.5. The van der Waals surface area contributed by atoms with Crippen LogP contribution in [0.5, 0.6) is 11.5 Å². The molecule has 0 atom stereocenters. The minimum Gasteiger partial charge on any atom is -0.497 e. The van der Waals surface area contributed by atoms with Crippen molar-refractivity contribution in [3.8, 4) is 11.5 Å². The molecule has 2 aromatic rings. The van der Waals surface area contributed by atoms with E-state index >= 15 is 0 Å². The monoisotopic (exact) mass is 413 g/mol. The van der Waals surface area contributed by atoms with Crippen LogP contribution in [-0.2, 0) is 20.7 Å². The number of ether oxygens (including phenoxy) is 3. The van der Waals surface area contributed by atoms with Crippen LogP contribution in [0.2, 0.25) is 0 Å².